The Morgan fingerprint density at radius 2 is 0.824 bits per heavy atom. The van der Waals surface area contributed by atoms with E-state index in [1.54, 1.807) is 0 Å². The predicted octanol–water partition coefficient (Wildman–Crippen LogP) is 6.59. The first-order valence-electron chi connectivity index (χ1n) is 8.20. The van der Waals surface area contributed by atoms with Crippen molar-refractivity contribution in [2.45, 2.75) is 98.3 Å². The second kappa shape index (κ2) is 12.5. The second-order valence-electron chi connectivity index (χ2n) is 6.08. The maximum Gasteiger partial charge on any atom is -0.0445 e. The molecule has 0 fully saturated rings. The summed E-state index contributed by atoms with van der Waals surface area (Å²) in [4.78, 5) is 0. The first-order valence-corrected chi connectivity index (χ1v) is 8.20. The minimum atomic E-state index is 0.950. The molecule has 0 saturated carbocycles. The molecule has 0 rings (SSSR count). The van der Waals surface area contributed by atoms with Gasteiger partial charge in [0.05, 0.1) is 0 Å². The van der Waals surface area contributed by atoms with Crippen molar-refractivity contribution in [3.63, 3.8) is 0 Å². The maximum absolute atomic E-state index is 2.38. The van der Waals surface area contributed by atoms with E-state index < -0.39 is 0 Å². The normalized spacial score (nSPS) is 14.8. The molecule has 0 aliphatic rings. The van der Waals surface area contributed by atoms with Gasteiger partial charge in [-0.1, -0.05) is 98.3 Å². The lowest BCUT2D eigenvalue weighted by Crippen LogP contribution is -1.92. The molecule has 0 N–H and O–H groups in total. The molecule has 0 aromatic carbocycles. The molecule has 0 aliphatic heterocycles. The predicted molar refractivity (Wildman–Crippen MR) is 80.5 cm³/mol. The Balaban J connectivity index is 3.04. The zero-order chi connectivity index (χ0) is 12.9. The second-order valence-corrected chi connectivity index (χ2v) is 6.08. The summed E-state index contributed by atoms with van der Waals surface area (Å²) in [5, 5.41) is 0. The van der Waals surface area contributed by atoms with Gasteiger partial charge in [0.1, 0.15) is 0 Å². The average molecular weight is 240 g/mol. The summed E-state index contributed by atoms with van der Waals surface area (Å²) in [6, 6.07) is 0. The molecule has 0 heterocycles. The van der Waals surface area contributed by atoms with Crippen LogP contribution in [-0.2, 0) is 0 Å². The molecule has 0 bridgehead atoms. The third-order valence-corrected chi connectivity index (χ3v) is 4.29. The van der Waals surface area contributed by atoms with Gasteiger partial charge in [0.15, 0.2) is 0 Å². The highest BCUT2D eigenvalue weighted by molar-refractivity contribution is 4.53. The van der Waals surface area contributed by atoms with Gasteiger partial charge in [0.2, 0.25) is 0 Å². The van der Waals surface area contributed by atoms with Gasteiger partial charge in [0, 0.05) is 0 Å². The largest absolute Gasteiger partial charge is 0.0651 e. The Bertz CT molecular complexity index is 123. The summed E-state index contributed by atoms with van der Waals surface area (Å²) in [7, 11) is 0. The minimum absolute atomic E-state index is 0.950. The summed E-state index contributed by atoms with van der Waals surface area (Å²) in [6.45, 7) is 9.38. The van der Waals surface area contributed by atoms with E-state index in [4.69, 9.17) is 0 Å². The Labute approximate surface area is 111 Å². The molecule has 0 amide bonds. The van der Waals surface area contributed by atoms with Crippen LogP contribution in [0.25, 0.3) is 0 Å². The molecule has 0 spiro atoms. The first kappa shape index (κ1) is 17.0. The summed E-state index contributed by atoms with van der Waals surface area (Å²) in [5.41, 5.74) is 0. The van der Waals surface area contributed by atoms with E-state index in [2.05, 4.69) is 27.7 Å². The standard InChI is InChI=1S/C17H36/c1-5-16(3)14-12-10-8-7-9-11-13-15-17(4)6-2/h16-17H,5-15H2,1-4H3. The highest BCUT2D eigenvalue weighted by Crippen LogP contribution is 2.16. The average Bonchev–Trinajstić information content (AvgIpc) is 2.35. The Morgan fingerprint density at radius 3 is 1.12 bits per heavy atom. The van der Waals surface area contributed by atoms with Crippen molar-refractivity contribution in [2.75, 3.05) is 0 Å². The molecular weight excluding hydrogens is 204 g/mol. The van der Waals surface area contributed by atoms with Crippen molar-refractivity contribution in [3.8, 4) is 0 Å². The summed E-state index contributed by atoms with van der Waals surface area (Å²) >= 11 is 0. The smallest absolute Gasteiger partial charge is 0.0445 e. The van der Waals surface area contributed by atoms with Gasteiger partial charge in [-0.15, -0.1) is 0 Å². The summed E-state index contributed by atoms with van der Waals surface area (Å²) in [5.74, 6) is 1.90. The quantitative estimate of drug-likeness (QED) is 0.338. The van der Waals surface area contributed by atoms with Gasteiger partial charge in [0.25, 0.3) is 0 Å². The van der Waals surface area contributed by atoms with E-state index in [1.165, 1.54) is 70.6 Å². The van der Waals surface area contributed by atoms with Gasteiger partial charge in [-0.2, -0.15) is 0 Å². The third-order valence-electron chi connectivity index (χ3n) is 4.29. The van der Waals surface area contributed by atoms with Gasteiger partial charge in [-0.3, -0.25) is 0 Å². The lowest BCUT2D eigenvalue weighted by molar-refractivity contribution is 0.456. The highest BCUT2D eigenvalue weighted by Gasteiger charge is 1.99. The third kappa shape index (κ3) is 12.2. The fraction of sp³-hybridized carbons (Fsp3) is 1.00. The first-order chi connectivity index (χ1) is 8.20. The lowest BCUT2D eigenvalue weighted by Gasteiger charge is -2.08. The van der Waals surface area contributed by atoms with Crippen molar-refractivity contribution in [2.24, 2.45) is 11.8 Å². The van der Waals surface area contributed by atoms with Crippen molar-refractivity contribution in [1.82, 2.24) is 0 Å². The van der Waals surface area contributed by atoms with E-state index in [0.29, 0.717) is 0 Å². The lowest BCUT2D eigenvalue weighted by atomic mass is 9.98. The van der Waals surface area contributed by atoms with Crippen LogP contribution in [0.3, 0.4) is 0 Å². The molecular formula is C17H36. The summed E-state index contributed by atoms with van der Waals surface area (Å²) < 4.78 is 0. The molecule has 0 aromatic rings. The Hall–Kier alpha value is 0. The molecule has 0 saturated heterocycles. The molecule has 104 valence electrons. The van der Waals surface area contributed by atoms with Crippen LogP contribution in [0, 0.1) is 11.8 Å². The molecule has 0 aromatic heterocycles. The van der Waals surface area contributed by atoms with Gasteiger partial charge >= 0.3 is 0 Å². The molecule has 2 atom stereocenters. The highest BCUT2D eigenvalue weighted by atomic mass is 14.1. The van der Waals surface area contributed by atoms with Gasteiger partial charge in [-0.25, -0.2) is 0 Å². The van der Waals surface area contributed by atoms with E-state index in [9.17, 15) is 0 Å². The van der Waals surface area contributed by atoms with Crippen LogP contribution in [0.1, 0.15) is 98.3 Å². The Morgan fingerprint density at radius 1 is 0.529 bits per heavy atom. The monoisotopic (exact) mass is 240 g/mol. The molecule has 0 aliphatic carbocycles. The maximum atomic E-state index is 2.38. The van der Waals surface area contributed by atoms with Crippen LogP contribution < -0.4 is 0 Å². The Kier molecular flexibility index (Phi) is 12.5. The van der Waals surface area contributed by atoms with Crippen LogP contribution in [0.4, 0.5) is 0 Å². The van der Waals surface area contributed by atoms with Crippen molar-refractivity contribution in [1.29, 1.82) is 0 Å². The number of hydrogen-bond acceptors (Lipinski definition) is 0. The SMILES string of the molecule is CCC(C)CCCCCCCCCC(C)CC. The van der Waals surface area contributed by atoms with E-state index in [-0.39, 0.29) is 0 Å². The van der Waals surface area contributed by atoms with E-state index in [1.807, 2.05) is 0 Å². The van der Waals surface area contributed by atoms with E-state index in [0.717, 1.165) is 11.8 Å². The topological polar surface area (TPSA) is 0 Å². The van der Waals surface area contributed by atoms with E-state index >= 15 is 0 Å². The number of hydrogen-bond donors (Lipinski definition) is 0. The van der Waals surface area contributed by atoms with Crippen molar-refractivity contribution < 1.29 is 0 Å². The minimum Gasteiger partial charge on any atom is -0.0651 e. The molecule has 0 nitrogen and oxygen atoms in total. The number of unbranched alkanes of at least 4 members (excludes halogenated alkanes) is 6. The van der Waals surface area contributed by atoms with Crippen LogP contribution >= 0.6 is 0 Å². The zero-order valence-corrected chi connectivity index (χ0v) is 12.9. The van der Waals surface area contributed by atoms with Crippen LogP contribution in [-0.4, -0.2) is 0 Å². The van der Waals surface area contributed by atoms with Crippen molar-refractivity contribution >= 4 is 0 Å². The summed E-state index contributed by atoms with van der Waals surface area (Å²) in [6.07, 6.45) is 15.9. The van der Waals surface area contributed by atoms with Gasteiger partial charge in [-0.05, 0) is 11.8 Å². The molecule has 2 unspecified atom stereocenters. The van der Waals surface area contributed by atoms with Crippen molar-refractivity contribution in [3.05, 3.63) is 0 Å². The van der Waals surface area contributed by atoms with Gasteiger partial charge < -0.3 is 0 Å². The van der Waals surface area contributed by atoms with Crippen LogP contribution in [0.15, 0.2) is 0 Å². The van der Waals surface area contributed by atoms with Crippen LogP contribution in [0.5, 0.6) is 0 Å². The van der Waals surface area contributed by atoms with Crippen LogP contribution in [0.2, 0.25) is 0 Å². The number of rotatable bonds is 12. The zero-order valence-electron chi connectivity index (χ0n) is 12.9. The molecule has 17 heavy (non-hydrogen) atoms. The fourth-order valence-electron chi connectivity index (χ4n) is 2.28. The molecule has 0 radical (unpaired) electrons. The molecule has 0 heteroatoms. The fourth-order valence-corrected chi connectivity index (χ4v) is 2.28.